The normalized spacial score (nSPS) is 9.80. The molecule has 1 N–H and O–H groups in total. The Kier molecular flexibility index (Phi) is 4.16. The number of ether oxygens (including phenoxy) is 1. The van der Waals surface area contributed by atoms with Crippen molar-refractivity contribution in [2.45, 2.75) is 26.7 Å². The highest BCUT2D eigenvalue weighted by Gasteiger charge is 2.06. The van der Waals surface area contributed by atoms with E-state index in [1.165, 1.54) is 5.56 Å². The summed E-state index contributed by atoms with van der Waals surface area (Å²) in [5, 5.41) is 2.82. The molecule has 0 bridgehead atoms. The Morgan fingerprint density at radius 1 is 1.40 bits per heavy atom. The van der Waals surface area contributed by atoms with Crippen molar-refractivity contribution in [1.82, 2.24) is 0 Å². The van der Waals surface area contributed by atoms with Crippen LogP contribution in [0.15, 0.2) is 18.2 Å². The molecular weight excluding hydrogens is 190 g/mol. The van der Waals surface area contributed by atoms with Crippen LogP contribution in [0.25, 0.3) is 0 Å². The van der Waals surface area contributed by atoms with Gasteiger partial charge in [0.1, 0.15) is 5.75 Å². The van der Waals surface area contributed by atoms with Gasteiger partial charge >= 0.3 is 0 Å². The van der Waals surface area contributed by atoms with Crippen LogP contribution in [-0.2, 0) is 11.2 Å². The van der Waals surface area contributed by atoms with E-state index in [1.807, 2.05) is 25.1 Å². The molecule has 0 fully saturated rings. The van der Waals surface area contributed by atoms with Gasteiger partial charge in [-0.25, -0.2) is 0 Å². The van der Waals surface area contributed by atoms with E-state index in [0.29, 0.717) is 12.2 Å². The molecule has 0 unspecified atom stereocenters. The maximum Gasteiger partial charge on any atom is 0.224 e. The summed E-state index contributed by atoms with van der Waals surface area (Å²) in [5.41, 5.74) is 1.94. The molecular formula is C12H17NO2. The summed E-state index contributed by atoms with van der Waals surface area (Å²) in [6.07, 6.45) is 1.42. The number of benzene rings is 1. The van der Waals surface area contributed by atoms with Crippen molar-refractivity contribution in [3.63, 3.8) is 0 Å². The highest BCUT2D eigenvalue weighted by atomic mass is 16.5. The largest absolute Gasteiger partial charge is 0.495 e. The number of carbonyl (C=O) groups is 1. The molecule has 0 radical (unpaired) electrons. The fourth-order valence-electron chi connectivity index (χ4n) is 1.31. The van der Waals surface area contributed by atoms with Crippen LogP contribution >= 0.6 is 0 Å². The predicted molar refractivity (Wildman–Crippen MR) is 61.3 cm³/mol. The summed E-state index contributed by atoms with van der Waals surface area (Å²) >= 11 is 0. The molecule has 3 nitrogen and oxygen atoms in total. The zero-order chi connectivity index (χ0) is 11.3. The Bertz CT molecular complexity index is 347. The SMILES string of the molecule is CCC(=O)Nc1cc(CC)ccc1OC. The van der Waals surface area contributed by atoms with Crippen LogP contribution in [-0.4, -0.2) is 13.0 Å². The number of hydrogen-bond donors (Lipinski definition) is 1. The number of anilines is 1. The topological polar surface area (TPSA) is 38.3 Å². The second kappa shape index (κ2) is 5.39. The van der Waals surface area contributed by atoms with Crippen LogP contribution in [0.1, 0.15) is 25.8 Å². The zero-order valence-corrected chi connectivity index (χ0v) is 9.46. The van der Waals surface area contributed by atoms with Gasteiger partial charge < -0.3 is 10.1 Å². The molecule has 0 aromatic heterocycles. The van der Waals surface area contributed by atoms with Crippen LogP contribution in [0.2, 0.25) is 0 Å². The standard InChI is InChI=1S/C12H17NO2/c1-4-9-6-7-11(15-3)10(8-9)13-12(14)5-2/h6-8H,4-5H2,1-3H3,(H,13,14). The van der Waals surface area contributed by atoms with Gasteiger partial charge in [-0.05, 0) is 24.1 Å². The van der Waals surface area contributed by atoms with Crippen LogP contribution in [0.4, 0.5) is 5.69 Å². The Balaban J connectivity index is 2.95. The van der Waals surface area contributed by atoms with Crippen LogP contribution < -0.4 is 10.1 Å². The quantitative estimate of drug-likeness (QED) is 0.824. The van der Waals surface area contributed by atoms with Gasteiger partial charge in [0, 0.05) is 6.42 Å². The molecule has 0 spiro atoms. The lowest BCUT2D eigenvalue weighted by molar-refractivity contribution is -0.115. The minimum Gasteiger partial charge on any atom is -0.495 e. The van der Waals surface area contributed by atoms with Gasteiger partial charge in [0.25, 0.3) is 0 Å². The van der Waals surface area contributed by atoms with Crippen molar-refractivity contribution in [3.8, 4) is 5.75 Å². The third kappa shape index (κ3) is 2.98. The van der Waals surface area contributed by atoms with Gasteiger partial charge in [-0.2, -0.15) is 0 Å². The van der Waals surface area contributed by atoms with Crippen molar-refractivity contribution >= 4 is 11.6 Å². The molecule has 82 valence electrons. The smallest absolute Gasteiger partial charge is 0.224 e. The number of hydrogen-bond acceptors (Lipinski definition) is 2. The van der Waals surface area contributed by atoms with E-state index in [2.05, 4.69) is 12.2 Å². The van der Waals surface area contributed by atoms with Crippen molar-refractivity contribution in [3.05, 3.63) is 23.8 Å². The number of rotatable bonds is 4. The number of methoxy groups -OCH3 is 1. The summed E-state index contributed by atoms with van der Waals surface area (Å²) in [4.78, 5) is 11.3. The predicted octanol–water partition coefficient (Wildman–Crippen LogP) is 2.61. The van der Waals surface area contributed by atoms with E-state index in [0.717, 1.165) is 12.1 Å². The van der Waals surface area contributed by atoms with Crippen molar-refractivity contribution in [1.29, 1.82) is 0 Å². The second-order valence-electron chi connectivity index (χ2n) is 3.29. The number of nitrogens with one attached hydrogen (secondary N) is 1. The number of carbonyl (C=O) groups excluding carboxylic acids is 1. The maximum absolute atomic E-state index is 11.3. The van der Waals surface area contributed by atoms with Crippen molar-refractivity contribution < 1.29 is 9.53 Å². The minimum atomic E-state index is 0.00144. The van der Waals surface area contributed by atoms with E-state index in [9.17, 15) is 4.79 Å². The fourth-order valence-corrected chi connectivity index (χ4v) is 1.31. The molecule has 0 saturated heterocycles. The number of aryl methyl sites for hydroxylation is 1. The maximum atomic E-state index is 11.3. The molecule has 0 aliphatic rings. The molecule has 1 aromatic rings. The minimum absolute atomic E-state index is 0.00144. The van der Waals surface area contributed by atoms with Crippen molar-refractivity contribution in [2.24, 2.45) is 0 Å². The highest BCUT2D eigenvalue weighted by Crippen LogP contribution is 2.25. The summed E-state index contributed by atoms with van der Waals surface area (Å²) in [6, 6.07) is 5.83. The molecule has 1 rings (SSSR count). The van der Waals surface area contributed by atoms with Crippen LogP contribution in [0, 0.1) is 0 Å². The van der Waals surface area contributed by atoms with Gasteiger partial charge in [0.2, 0.25) is 5.91 Å². The lowest BCUT2D eigenvalue weighted by atomic mass is 10.1. The Morgan fingerprint density at radius 2 is 2.13 bits per heavy atom. The van der Waals surface area contributed by atoms with Gasteiger partial charge in [-0.1, -0.05) is 19.9 Å². The first-order valence-corrected chi connectivity index (χ1v) is 5.18. The van der Waals surface area contributed by atoms with Gasteiger partial charge in [-0.3, -0.25) is 4.79 Å². The van der Waals surface area contributed by atoms with Crippen LogP contribution in [0.5, 0.6) is 5.75 Å². The molecule has 0 heterocycles. The Morgan fingerprint density at radius 3 is 2.67 bits per heavy atom. The molecule has 3 heteroatoms. The fraction of sp³-hybridized carbons (Fsp3) is 0.417. The van der Waals surface area contributed by atoms with E-state index >= 15 is 0 Å². The molecule has 15 heavy (non-hydrogen) atoms. The summed E-state index contributed by atoms with van der Waals surface area (Å²) in [5.74, 6) is 0.704. The van der Waals surface area contributed by atoms with E-state index in [4.69, 9.17) is 4.74 Å². The number of amides is 1. The first-order chi connectivity index (χ1) is 7.21. The lowest BCUT2D eigenvalue weighted by Crippen LogP contribution is -2.10. The van der Waals surface area contributed by atoms with Gasteiger partial charge in [0.15, 0.2) is 0 Å². The lowest BCUT2D eigenvalue weighted by Gasteiger charge is -2.10. The summed E-state index contributed by atoms with van der Waals surface area (Å²) < 4.78 is 5.18. The van der Waals surface area contributed by atoms with Crippen LogP contribution in [0.3, 0.4) is 0 Å². The third-order valence-corrected chi connectivity index (χ3v) is 2.27. The van der Waals surface area contributed by atoms with E-state index < -0.39 is 0 Å². The highest BCUT2D eigenvalue weighted by molar-refractivity contribution is 5.92. The molecule has 0 aliphatic carbocycles. The first kappa shape index (κ1) is 11.6. The monoisotopic (exact) mass is 207 g/mol. The first-order valence-electron chi connectivity index (χ1n) is 5.18. The Labute approximate surface area is 90.4 Å². The summed E-state index contributed by atoms with van der Waals surface area (Å²) in [7, 11) is 1.60. The van der Waals surface area contributed by atoms with E-state index in [1.54, 1.807) is 7.11 Å². The van der Waals surface area contributed by atoms with E-state index in [-0.39, 0.29) is 5.91 Å². The average molecular weight is 207 g/mol. The summed E-state index contributed by atoms with van der Waals surface area (Å²) in [6.45, 7) is 3.90. The van der Waals surface area contributed by atoms with Gasteiger partial charge in [-0.15, -0.1) is 0 Å². The third-order valence-electron chi connectivity index (χ3n) is 2.27. The molecule has 1 aromatic carbocycles. The average Bonchev–Trinajstić information content (AvgIpc) is 2.28. The van der Waals surface area contributed by atoms with Crippen molar-refractivity contribution in [2.75, 3.05) is 12.4 Å². The second-order valence-corrected chi connectivity index (χ2v) is 3.29. The zero-order valence-electron chi connectivity index (χ0n) is 9.46. The molecule has 0 aliphatic heterocycles. The van der Waals surface area contributed by atoms with Gasteiger partial charge in [0.05, 0.1) is 12.8 Å². The Hall–Kier alpha value is -1.51. The molecule has 1 amide bonds. The molecule has 0 saturated carbocycles. The molecule has 0 atom stereocenters.